The van der Waals surface area contributed by atoms with Crippen molar-refractivity contribution in [3.63, 3.8) is 0 Å². The van der Waals surface area contributed by atoms with E-state index in [2.05, 4.69) is 157 Å². The summed E-state index contributed by atoms with van der Waals surface area (Å²) in [6.45, 7) is 0. The van der Waals surface area contributed by atoms with E-state index >= 15 is 0 Å². The Hall–Kier alpha value is -4.96. The van der Waals surface area contributed by atoms with Gasteiger partial charge in [0.15, 0.2) is 0 Å². The monoisotopic (exact) mass is 583 g/mol. The first-order valence-corrected chi connectivity index (χ1v) is 16.2. The minimum atomic E-state index is 1.16. The fraction of sp³-hybridized carbons (Fsp3) is 0. The van der Waals surface area contributed by atoms with Crippen molar-refractivity contribution in [2.24, 2.45) is 0 Å². The zero-order valence-electron chi connectivity index (χ0n) is 23.2. The van der Waals surface area contributed by atoms with E-state index in [1.54, 1.807) is 0 Å². The van der Waals surface area contributed by atoms with Gasteiger partial charge in [-0.15, -0.1) is 22.7 Å². The molecular formula is C40H25NS2. The molecule has 0 N–H and O–H groups in total. The van der Waals surface area contributed by atoms with Gasteiger partial charge in [-0.3, -0.25) is 0 Å². The molecule has 9 aromatic rings. The first kappa shape index (κ1) is 24.6. The summed E-state index contributed by atoms with van der Waals surface area (Å²) in [5.41, 5.74) is 6.09. The maximum absolute atomic E-state index is 2.50. The predicted molar refractivity (Wildman–Crippen MR) is 190 cm³/mol. The van der Waals surface area contributed by atoms with Gasteiger partial charge in [0.25, 0.3) is 0 Å². The third kappa shape index (κ3) is 3.90. The van der Waals surface area contributed by atoms with E-state index in [4.69, 9.17) is 0 Å². The third-order valence-electron chi connectivity index (χ3n) is 8.45. The molecule has 0 radical (unpaired) electrons. The van der Waals surface area contributed by atoms with Gasteiger partial charge >= 0.3 is 0 Å². The highest BCUT2D eigenvalue weighted by Gasteiger charge is 2.23. The van der Waals surface area contributed by atoms with E-state index in [1.165, 1.54) is 73.6 Å². The van der Waals surface area contributed by atoms with Gasteiger partial charge in [-0.05, 0) is 58.3 Å². The van der Waals surface area contributed by atoms with Gasteiger partial charge < -0.3 is 4.90 Å². The number of hydrogen-bond acceptors (Lipinski definition) is 3. The number of fused-ring (bicyclic) bond motifs is 7. The smallest absolute Gasteiger partial charge is 0.0641 e. The average molecular weight is 584 g/mol. The molecule has 0 bridgehead atoms. The van der Waals surface area contributed by atoms with Crippen LogP contribution in [0.15, 0.2) is 152 Å². The van der Waals surface area contributed by atoms with Crippen molar-refractivity contribution in [3.05, 3.63) is 152 Å². The Morgan fingerprint density at radius 1 is 0.419 bits per heavy atom. The molecule has 3 heteroatoms. The highest BCUT2D eigenvalue weighted by atomic mass is 32.1. The standard InChI is InChI=1S/C40H25NS2/c1-2-12-27(13-3-1)30-23-24-35(40-38(30)33-16-7-9-20-37(33)43-40)41(29-22-21-26-11-4-5-14-28(26)25-29)34-18-10-17-32-31-15-6-8-19-36(31)42-39(32)34/h1-25H. The average Bonchev–Trinajstić information content (AvgIpc) is 3.65. The van der Waals surface area contributed by atoms with Gasteiger partial charge in [0.1, 0.15) is 0 Å². The van der Waals surface area contributed by atoms with Crippen LogP contribution in [-0.2, 0) is 0 Å². The molecule has 0 saturated carbocycles. The van der Waals surface area contributed by atoms with Crippen molar-refractivity contribution in [3.8, 4) is 11.1 Å². The highest BCUT2D eigenvalue weighted by molar-refractivity contribution is 7.27. The van der Waals surface area contributed by atoms with Crippen molar-refractivity contribution >= 4 is 90.9 Å². The summed E-state index contributed by atoms with van der Waals surface area (Å²) in [4.78, 5) is 2.50. The van der Waals surface area contributed by atoms with Crippen molar-refractivity contribution < 1.29 is 0 Å². The molecule has 0 amide bonds. The van der Waals surface area contributed by atoms with Gasteiger partial charge in [0.05, 0.1) is 20.8 Å². The summed E-state index contributed by atoms with van der Waals surface area (Å²) in [7, 11) is 0. The van der Waals surface area contributed by atoms with E-state index in [9.17, 15) is 0 Å². The van der Waals surface area contributed by atoms with Crippen LogP contribution in [0.25, 0.3) is 62.2 Å². The Kier molecular flexibility index (Phi) is 5.62. The lowest BCUT2D eigenvalue weighted by molar-refractivity contribution is 1.33. The van der Waals surface area contributed by atoms with Crippen LogP contribution in [0.4, 0.5) is 17.1 Å². The fourth-order valence-corrected chi connectivity index (χ4v) is 8.92. The van der Waals surface area contributed by atoms with Crippen LogP contribution >= 0.6 is 22.7 Å². The minimum Gasteiger partial charge on any atom is -0.308 e. The van der Waals surface area contributed by atoms with Crippen LogP contribution in [0.3, 0.4) is 0 Å². The largest absolute Gasteiger partial charge is 0.308 e. The molecule has 0 aliphatic heterocycles. The van der Waals surface area contributed by atoms with Crippen molar-refractivity contribution in [2.75, 3.05) is 4.90 Å². The molecule has 2 aromatic heterocycles. The van der Waals surface area contributed by atoms with Crippen LogP contribution in [0, 0.1) is 0 Å². The summed E-state index contributed by atoms with van der Waals surface area (Å²) in [6.07, 6.45) is 0. The molecule has 202 valence electrons. The van der Waals surface area contributed by atoms with Gasteiger partial charge in [0.2, 0.25) is 0 Å². The number of anilines is 3. The van der Waals surface area contributed by atoms with E-state index in [0.29, 0.717) is 0 Å². The Balaban J connectivity index is 1.40. The molecular weight excluding hydrogens is 559 g/mol. The molecule has 2 heterocycles. The van der Waals surface area contributed by atoms with Crippen LogP contribution in [0.1, 0.15) is 0 Å². The first-order chi connectivity index (χ1) is 21.3. The second-order valence-electron chi connectivity index (χ2n) is 10.9. The fourth-order valence-electron chi connectivity index (χ4n) is 6.48. The molecule has 0 atom stereocenters. The minimum absolute atomic E-state index is 1.16. The zero-order chi connectivity index (χ0) is 28.3. The molecule has 9 rings (SSSR count). The molecule has 0 aliphatic rings. The number of rotatable bonds is 4. The van der Waals surface area contributed by atoms with Gasteiger partial charge in [-0.25, -0.2) is 0 Å². The molecule has 0 fully saturated rings. The maximum atomic E-state index is 2.50. The second kappa shape index (κ2) is 9.81. The summed E-state index contributed by atoms with van der Waals surface area (Å²) >= 11 is 3.77. The topological polar surface area (TPSA) is 3.24 Å². The molecule has 0 unspecified atom stereocenters. The number of thiophene rings is 2. The second-order valence-corrected chi connectivity index (χ2v) is 13.0. The zero-order valence-corrected chi connectivity index (χ0v) is 24.8. The van der Waals surface area contributed by atoms with E-state index in [1.807, 2.05) is 22.7 Å². The van der Waals surface area contributed by atoms with Crippen LogP contribution in [-0.4, -0.2) is 0 Å². The van der Waals surface area contributed by atoms with Gasteiger partial charge in [-0.1, -0.05) is 115 Å². The maximum Gasteiger partial charge on any atom is 0.0641 e. The molecule has 43 heavy (non-hydrogen) atoms. The summed E-state index contributed by atoms with van der Waals surface area (Å²) in [6, 6.07) is 55.4. The van der Waals surface area contributed by atoms with Crippen molar-refractivity contribution in [1.29, 1.82) is 0 Å². The van der Waals surface area contributed by atoms with E-state index < -0.39 is 0 Å². The summed E-state index contributed by atoms with van der Waals surface area (Å²) < 4.78 is 5.22. The first-order valence-electron chi connectivity index (χ1n) is 14.5. The molecule has 0 spiro atoms. The third-order valence-corrected chi connectivity index (χ3v) is 10.8. The summed E-state index contributed by atoms with van der Waals surface area (Å²) in [5.74, 6) is 0. The predicted octanol–water partition coefficient (Wildman–Crippen LogP) is 12.7. The van der Waals surface area contributed by atoms with E-state index in [-0.39, 0.29) is 0 Å². The van der Waals surface area contributed by atoms with Gasteiger partial charge in [-0.2, -0.15) is 0 Å². The van der Waals surface area contributed by atoms with Crippen molar-refractivity contribution in [2.45, 2.75) is 0 Å². The molecule has 7 aromatic carbocycles. The number of benzene rings is 7. The Morgan fingerprint density at radius 3 is 1.93 bits per heavy atom. The number of hydrogen-bond donors (Lipinski definition) is 0. The Bertz CT molecular complexity index is 2470. The molecule has 0 saturated heterocycles. The van der Waals surface area contributed by atoms with Crippen LogP contribution in [0.5, 0.6) is 0 Å². The lowest BCUT2D eigenvalue weighted by Crippen LogP contribution is -2.10. The lowest BCUT2D eigenvalue weighted by Gasteiger charge is -2.27. The SMILES string of the molecule is c1ccc(-c2ccc(N(c3ccc4ccccc4c3)c3cccc4c3sc3ccccc34)c3sc4ccccc4c23)cc1. The van der Waals surface area contributed by atoms with Crippen LogP contribution in [0.2, 0.25) is 0 Å². The number of nitrogens with zero attached hydrogens (tertiary/aromatic N) is 1. The Labute approximate surface area is 257 Å². The quantitative estimate of drug-likeness (QED) is 0.199. The van der Waals surface area contributed by atoms with Crippen LogP contribution < -0.4 is 4.90 Å². The normalized spacial score (nSPS) is 11.7. The highest BCUT2D eigenvalue weighted by Crippen LogP contribution is 2.51. The Morgan fingerprint density at radius 2 is 1.07 bits per heavy atom. The van der Waals surface area contributed by atoms with Crippen molar-refractivity contribution in [1.82, 2.24) is 0 Å². The molecule has 1 nitrogen and oxygen atoms in total. The van der Waals surface area contributed by atoms with Gasteiger partial charge in [0, 0.05) is 36.6 Å². The summed E-state index contributed by atoms with van der Waals surface area (Å²) in [5, 5.41) is 7.73. The lowest BCUT2D eigenvalue weighted by atomic mass is 9.98. The van der Waals surface area contributed by atoms with E-state index in [0.717, 1.165) is 5.69 Å². The molecule has 0 aliphatic carbocycles.